The molecule has 1 aromatic rings. The molecule has 0 aliphatic rings. The number of anilines is 1. The molecule has 0 fully saturated rings. The zero-order chi connectivity index (χ0) is 10.1. The van der Waals surface area contributed by atoms with Crippen LogP contribution in [-0.2, 0) is 0 Å². The summed E-state index contributed by atoms with van der Waals surface area (Å²) in [6.45, 7) is 5.69. The van der Waals surface area contributed by atoms with Gasteiger partial charge in [-0.1, -0.05) is 11.3 Å². The van der Waals surface area contributed by atoms with Crippen LogP contribution in [0.3, 0.4) is 0 Å². The number of nitrogen functional groups attached to an aromatic ring is 1. The fraction of sp³-hybridized carbons (Fsp3) is 0.571. The van der Waals surface area contributed by atoms with E-state index >= 15 is 0 Å². The van der Waals surface area contributed by atoms with Crippen molar-refractivity contribution < 1.29 is 4.79 Å². The van der Waals surface area contributed by atoms with Crippen molar-refractivity contribution in [3.05, 3.63) is 5.01 Å². The first-order valence-electron chi connectivity index (χ1n) is 3.80. The van der Waals surface area contributed by atoms with E-state index in [1.807, 2.05) is 20.8 Å². The lowest BCUT2D eigenvalue weighted by atomic mass is 10.1. The zero-order valence-corrected chi connectivity index (χ0v) is 8.60. The molecular weight excluding hydrogens is 188 g/mol. The molecule has 0 aliphatic carbocycles. The van der Waals surface area contributed by atoms with Crippen LogP contribution in [0.2, 0.25) is 0 Å². The Hall–Kier alpha value is -1.17. The maximum atomic E-state index is 11.4. The second kappa shape index (κ2) is 3.29. The molecule has 13 heavy (non-hydrogen) atoms. The summed E-state index contributed by atoms with van der Waals surface area (Å²) in [5.74, 6) is -0.235. The number of nitrogens with two attached hydrogens (primary N) is 1. The highest BCUT2D eigenvalue weighted by Crippen LogP contribution is 2.11. The van der Waals surface area contributed by atoms with Crippen molar-refractivity contribution in [2.45, 2.75) is 26.3 Å². The van der Waals surface area contributed by atoms with Gasteiger partial charge in [-0.15, -0.1) is 10.2 Å². The molecule has 0 aliphatic heterocycles. The van der Waals surface area contributed by atoms with Crippen LogP contribution in [0, 0.1) is 0 Å². The maximum absolute atomic E-state index is 11.4. The average molecular weight is 200 g/mol. The Morgan fingerprint density at radius 2 is 2.08 bits per heavy atom. The van der Waals surface area contributed by atoms with Crippen LogP contribution in [-0.4, -0.2) is 21.6 Å². The molecule has 1 amide bonds. The number of amides is 1. The summed E-state index contributed by atoms with van der Waals surface area (Å²) in [6.07, 6.45) is 0. The van der Waals surface area contributed by atoms with E-state index < -0.39 is 0 Å². The van der Waals surface area contributed by atoms with Crippen molar-refractivity contribution in [1.82, 2.24) is 15.5 Å². The summed E-state index contributed by atoms with van der Waals surface area (Å²) in [5, 5.41) is 10.5. The topological polar surface area (TPSA) is 80.9 Å². The highest BCUT2D eigenvalue weighted by atomic mass is 32.1. The Balaban J connectivity index is 2.70. The van der Waals surface area contributed by atoms with Gasteiger partial charge in [-0.2, -0.15) is 0 Å². The summed E-state index contributed by atoms with van der Waals surface area (Å²) in [4.78, 5) is 11.4. The number of rotatable bonds is 1. The Morgan fingerprint density at radius 1 is 1.46 bits per heavy atom. The largest absolute Gasteiger partial charge is 0.374 e. The van der Waals surface area contributed by atoms with E-state index in [-0.39, 0.29) is 11.4 Å². The fourth-order valence-electron chi connectivity index (χ4n) is 0.720. The van der Waals surface area contributed by atoms with Crippen LogP contribution >= 0.6 is 11.3 Å². The minimum absolute atomic E-state index is 0.235. The van der Waals surface area contributed by atoms with Gasteiger partial charge in [0.25, 0.3) is 5.91 Å². The monoisotopic (exact) mass is 200 g/mol. The van der Waals surface area contributed by atoms with Gasteiger partial charge in [0, 0.05) is 5.54 Å². The second-order valence-electron chi connectivity index (χ2n) is 3.65. The summed E-state index contributed by atoms with van der Waals surface area (Å²) in [7, 11) is 0. The first-order chi connectivity index (χ1) is 5.88. The number of carbonyl (C=O) groups excluding carboxylic acids is 1. The molecule has 0 radical (unpaired) electrons. The summed E-state index contributed by atoms with van der Waals surface area (Å²) in [5.41, 5.74) is 5.08. The molecular formula is C7H12N4OS. The van der Waals surface area contributed by atoms with E-state index in [0.717, 1.165) is 11.3 Å². The minimum atomic E-state index is -0.266. The van der Waals surface area contributed by atoms with E-state index in [1.165, 1.54) is 0 Å². The molecule has 0 spiro atoms. The van der Waals surface area contributed by atoms with Crippen molar-refractivity contribution in [1.29, 1.82) is 0 Å². The van der Waals surface area contributed by atoms with Gasteiger partial charge >= 0.3 is 0 Å². The minimum Gasteiger partial charge on any atom is -0.374 e. The van der Waals surface area contributed by atoms with Crippen LogP contribution in [0.1, 0.15) is 30.6 Å². The number of hydrogen-bond acceptors (Lipinski definition) is 5. The lowest BCUT2D eigenvalue weighted by Gasteiger charge is -2.19. The number of nitrogens with zero attached hydrogens (tertiary/aromatic N) is 2. The molecule has 6 heteroatoms. The Kier molecular flexibility index (Phi) is 2.51. The van der Waals surface area contributed by atoms with Crippen molar-refractivity contribution in [3.8, 4) is 0 Å². The van der Waals surface area contributed by atoms with Crippen LogP contribution in [0.25, 0.3) is 0 Å². The molecule has 3 N–H and O–H groups in total. The third-order valence-corrected chi connectivity index (χ3v) is 1.87. The molecule has 1 aromatic heterocycles. The zero-order valence-electron chi connectivity index (χ0n) is 7.79. The Morgan fingerprint density at radius 3 is 2.46 bits per heavy atom. The van der Waals surface area contributed by atoms with Gasteiger partial charge in [0.1, 0.15) is 0 Å². The standard InChI is InChI=1S/C7H12N4OS/c1-7(2,3)9-4(12)5-10-11-6(8)13-5/h1-3H3,(H2,8,11)(H,9,12). The van der Waals surface area contributed by atoms with Crippen molar-refractivity contribution >= 4 is 22.4 Å². The van der Waals surface area contributed by atoms with Gasteiger partial charge in [-0.25, -0.2) is 0 Å². The summed E-state index contributed by atoms with van der Waals surface area (Å²) >= 11 is 1.08. The lowest BCUT2D eigenvalue weighted by molar-refractivity contribution is 0.0918. The molecule has 0 saturated carbocycles. The summed E-state index contributed by atoms with van der Waals surface area (Å²) in [6, 6.07) is 0. The van der Waals surface area contributed by atoms with Gasteiger partial charge in [0.15, 0.2) is 0 Å². The van der Waals surface area contributed by atoms with Crippen LogP contribution < -0.4 is 11.1 Å². The molecule has 1 rings (SSSR count). The van der Waals surface area contributed by atoms with Gasteiger partial charge in [-0.05, 0) is 20.8 Å². The molecule has 0 unspecified atom stereocenters. The van der Waals surface area contributed by atoms with E-state index in [2.05, 4.69) is 15.5 Å². The second-order valence-corrected chi connectivity index (χ2v) is 4.66. The van der Waals surface area contributed by atoms with Gasteiger partial charge < -0.3 is 11.1 Å². The van der Waals surface area contributed by atoms with E-state index in [9.17, 15) is 4.79 Å². The molecule has 72 valence electrons. The normalized spacial score (nSPS) is 11.3. The maximum Gasteiger partial charge on any atom is 0.282 e. The van der Waals surface area contributed by atoms with Crippen molar-refractivity contribution in [2.75, 3.05) is 5.73 Å². The Labute approximate surface area is 80.4 Å². The van der Waals surface area contributed by atoms with E-state index in [4.69, 9.17) is 5.73 Å². The third kappa shape index (κ3) is 2.98. The lowest BCUT2D eigenvalue weighted by Crippen LogP contribution is -2.40. The molecule has 0 aromatic carbocycles. The Bertz CT molecular complexity index is 315. The van der Waals surface area contributed by atoms with Gasteiger partial charge in [-0.3, -0.25) is 4.79 Å². The fourth-order valence-corrected chi connectivity index (χ4v) is 1.23. The molecule has 5 nitrogen and oxygen atoms in total. The van der Waals surface area contributed by atoms with Crippen LogP contribution in [0.4, 0.5) is 5.13 Å². The van der Waals surface area contributed by atoms with Crippen LogP contribution in [0.5, 0.6) is 0 Å². The van der Waals surface area contributed by atoms with Gasteiger partial charge in [0.2, 0.25) is 10.1 Å². The highest BCUT2D eigenvalue weighted by Gasteiger charge is 2.18. The van der Waals surface area contributed by atoms with Crippen molar-refractivity contribution in [3.63, 3.8) is 0 Å². The average Bonchev–Trinajstić information content (AvgIpc) is 2.31. The summed E-state index contributed by atoms with van der Waals surface area (Å²) < 4.78 is 0. The molecule has 0 atom stereocenters. The van der Waals surface area contributed by atoms with E-state index in [1.54, 1.807) is 0 Å². The SMILES string of the molecule is CC(C)(C)NC(=O)c1nnc(N)s1. The highest BCUT2D eigenvalue weighted by molar-refractivity contribution is 7.16. The molecule has 0 saturated heterocycles. The molecule has 1 heterocycles. The first-order valence-corrected chi connectivity index (χ1v) is 4.61. The number of aromatic nitrogens is 2. The van der Waals surface area contributed by atoms with E-state index in [0.29, 0.717) is 10.1 Å². The predicted octanol–water partition coefficient (Wildman–Crippen LogP) is 0.649. The third-order valence-electron chi connectivity index (χ3n) is 1.12. The smallest absolute Gasteiger partial charge is 0.282 e. The number of carbonyl (C=O) groups is 1. The number of nitrogens with one attached hydrogen (secondary N) is 1. The van der Waals surface area contributed by atoms with Crippen LogP contribution in [0.15, 0.2) is 0 Å². The van der Waals surface area contributed by atoms with Crippen molar-refractivity contribution in [2.24, 2.45) is 0 Å². The molecule has 0 bridgehead atoms. The van der Waals surface area contributed by atoms with Gasteiger partial charge in [0.05, 0.1) is 0 Å². The number of hydrogen-bond donors (Lipinski definition) is 2. The first kappa shape index (κ1) is 9.91. The quantitative estimate of drug-likeness (QED) is 0.697. The predicted molar refractivity (Wildman–Crippen MR) is 51.5 cm³/mol.